The summed E-state index contributed by atoms with van der Waals surface area (Å²) in [5.74, 6) is -0.192. The first-order chi connectivity index (χ1) is 6.04. The Morgan fingerprint density at radius 1 is 1.38 bits per heavy atom. The van der Waals surface area contributed by atoms with Crippen molar-refractivity contribution in [2.24, 2.45) is 0 Å². The van der Waals surface area contributed by atoms with Gasteiger partial charge < -0.3 is 4.55 Å². The third-order valence-electron chi connectivity index (χ3n) is 1.90. The van der Waals surface area contributed by atoms with Crippen molar-refractivity contribution in [3.63, 3.8) is 0 Å². The number of hydrogen-bond acceptors (Lipinski definition) is 1. The summed E-state index contributed by atoms with van der Waals surface area (Å²) >= 11 is -1.11. The van der Waals surface area contributed by atoms with E-state index in [9.17, 15) is 8.94 Å². The first kappa shape index (κ1) is 10.5. The zero-order chi connectivity index (χ0) is 10.0. The highest BCUT2D eigenvalue weighted by atomic mass is 32.2. The maximum atomic E-state index is 13.3. The Morgan fingerprint density at radius 3 is 2.38 bits per heavy atom. The maximum absolute atomic E-state index is 13.3. The van der Waals surface area contributed by atoms with E-state index in [1.54, 1.807) is 18.4 Å². The van der Waals surface area contributed by atoms with Gasteiger partial charge in [0.05, 0.1) is 0 Å². The monoisotopic (exact) mass is 200 g/mol. The van der Waals surface area contributed by atoms with Gasteiger partial charge in [-0.1, -0.05) is 19.9 Å². The predicted octanol–water partition coefficient (Wildman–Crippen LogP) is 2.69. The fourth-order valence-electron chi connectivity index (χ4n) is 1.33. The summed E-state index contributed by atoms with van der Waals surface area (Å²) in [4.78, 5) is 0.606. The molecule has 0 fully saturated rings. The van der Waals surface area contributed by atoms with Gasteiger partial charge in [0, 0.05) is 5.56 Å². The molecule has 0 spiro atoms. The van der Waals surface area contributed by atoms with E-state index >= 15 is 0 Å². The van der Waals surface area contributed by atoms with Crippen LogP contribution in [0.3, 0.4) is 0 Å². The highest BCUT2D eigenvalue weighted by Crippen LogP contribution is 2.26. The van der Waals surface area contributed by atoms with E-state index in [1.807, 2.05) is 13.8 Å². The Morgan fingerprint density at radius 2 is 2.00 bits per heavy atom. The van der Waals surface area contributed by atoms with E-state index in [0.717, 1.165) is 0 Å². The molecule has 0 saturated heterocycles. The first-order valence-corrected chi connectivity index (χ1v) is 5.71. The molecule has 0 aliphatic heterocycles. The Bertz CT molecular complexity index is 297. The number of hydrogen-bond donors (Lipinski definition) is 0. The molecule has 0 radical (unpaired) electrons. The molecule has 13 heavy (non-hydrogen) atoms. The maximum Gasteiger partial charge on any atom is 0.158 e. The van der Waals surface area contributed by atoms with Crippen LogP contribution < -0.4 is 0 Å². The minimum Gasteiger partial charge on any atom is -0.612 e. The van der Waals surface area contributed by atoms with Gasteiger partial charge in [0.15, 0.2) is 4.90 Å². The molecule has 0 aliphatic rings. The summed E-state index contributed by atoms with van der Waals surface area (Å²) in [5, 5.41) is 0. The largest absolute Gasteiger partial charge is 0.612 e. The van der Waals surface area contributed by atoms with Crippen molar-refractivity contribution in [3.8, 4) is 0 Å². The summed E-state index contributed by atoms with van der Waals surface area (Å²) < 4.78 is 24.6. The highest BCUT2D eigenvalue weighted by Gasteiger charge is 2.18. The van der Waals surface area contributed by atoms with E-state index in [-0.39, 0.29) is 11.7 Å². The van der Waals surface area contributed by atoms with Crippen molar-refractivity contribution in [3.05, 3.63) is 29.6 Å². The Labute approximate surface area is 81.2 Å². The smallest absolute Gasteiger partial charge is 0.158 e. The average molecular weight is 200 g/mol. The quantitative estimate of drug-likeness (QED) is 0.673. The van der Waals surface area contributed by atoms with Crippen LogP contribution in [-0.2, 0) is 11.2 Å². The van der Waals surface area contributed by atoms with Crippen molar-refractivity contribution in [2.75, 3.05) is 6.26 Å². The van der Waals surface area contributed by atoms with Crippen molar-refractivity contribution >= 4 is 11.2 Å². The molecule has 0 aliphatic carbocycles. The van der Waals surface area contributed by atoms with Gasteiger partial charge in [0.25, 0.3) is 0 Å². The van der Waals surface area contributed by atoms with Crippen molar-refractivity contribution in [1.29, 1.82) is 0 Å². The Hall–Kier alpha value is -0.540. The minimum absolute atomic E-state index is 0.0695. The topological polar surface area (TPSA) is 23.1 Å². The molecule has 72 valence electrons. The molecule has 1 aromatic rings. The van der Waals surface area contributed by atoms with Crippen LogP contribution >= 0.6 is 0 Å². The van der Waals surface area contributed by atoms with E-state index < -0.39 is 11.2 Å². The molecule has 0 aromatic heterocycles. The second-order valence-corrected chi connectivity index (χ2v) is 4.61. The first-order valence-electron chi connectivity index (χ1n) is 4.16. The zero-order valence-electron chi connectivity index (χ0n) is 8.00. The number of halogens is 1. The minimum atomic E-state index is -1.11. The van der Waals surface area contributed by atoms with Crippen LogP contribution in [0.5, 0.6) is 0 Å². The molecule has 0 N–H and O–H groups in total. The lowest BCUT2D eigenvalue weighted by Crippen LogP contribution is -2.06. The molecular formula is C10H13FOS. The SMILES string of the molecule is CC(C)c1c(F)cccc1[S+](C)[O-]. The van der Waals surface area contributed by atoms with Gasteiger partial charge >= 0.3 is 0 Å². The lowest BCUT2D eigenvalue weighted by atomic mass is 10.0. The van der Waals surface area contributed by atoms with Crippen LogP contribution in [0, 0.1) is 5.82 Å². The summed E-state index contributed by atoms with van der Waals surface area (Å²) in [7, 11) is 0. The zero-order valence-corrected chi connectivity index (χ0v) is 8.82. The van der Waals surface area contributed by atoms with E-state index in [2.05, 4.69) is 0 Å². The molecule has 1 aromatic carbocycles. The lowest BCUT2D eigenvalue weighted by Gasteiger charge is -2.13. The summed E-state index contributed by atoms with van der Waals surface area (Å²) in [5.41, 5.74) is 0.573. The van der Waals surface area contributed by atoms with Crippen LogP contribution in [0.15, 0.2) is 23.1 Å². The van der Waals surface area contributed by atoms with Crippen LogP contribution in [-0.4, -0.2) is 10.8 Å². The molecule has 0 bridgehead atoms. The van der Waals surface area contributed by atoms with Gasteiger partial charge in [0.1, 0.15) is 12.1 Å². The number of rotatable bonds is 2. The van der Waals surface area contributed by atoms with E-state index in [4.69, 9.17) is 0 Å². The van der Waals surface area contributed by atoms with Crippen LogP contribution in [0.2, 0.25) is 0 Å². The normalized spacial score (nSPS) is 13.4. The van der Waals surface area contributed by atoms with E-state index in [1.165, 1.54) is 6.07 Å². The summed E-state index contributed by atoms with van der Waals surface area (Å²) in [6.45, 7) is 3.80. The van der Waals surface area contributed by atoms with Gasteiger partial charge in [0.2, 0.25) is 0 Å². The molecule has 1 atom stereocenters. The van der Waals surface area contributed by atoms with Gasteiger partial charge in [-0.15, -0.1) is 0 Å². The molecule has 1 nitrogen and oxygen atoms in total. The van der Waals surface area contributed by atoms with Crippen molar-refractivity contribution in [1.82, 2.24) is 0 Å². The average Bonchev–Trinajstić information content (AvgIpc) is 2.02. The fraction of sp³-hybridized carbons (Fsp3) is 0.400. The summed E-state index contributed by atoms with van der Waals surface area (Å²) in [6.07, 6.45) is 1.57. The van der Waals surface area contributed by atoms with Crippen LogP contribution in [0.1, 0.15) is 25.3 Å². The molecule has 0 amide bonds. The Kier molecular flexibility index (Phi) is 3.33. The third kappa shape index (κ3) is 2.23. The molecular weight excluding hydrogens is 187 g/mol. The van der Waals surface area contributed by atoms with Crippen molar-refractivity contribution in [2.45, 2.75) is 24.7 Å². The standard InChI is InChI=1S/C10H13FOS/c1-7(2)10-8(11)5-4-6-9(10)13(3)12/h4-7H,1-3H3. The van der Waals surface area contributed by atoms with Crippen LogP contribution in [0.25, 0.3) is 0 Å². The van der Waals surface area contributed by atoms with Crippen molar-refractivity contribution < 1.29 is 8.94 Å². The molecule has 1 unspecified atom stereocenters. The molecule has 0 heterocycles. The van der Waals surface area contributed by atoms with Gasteiger partial charge in [-0.05, 0) is 29.2 Å². The lowest BCUT2D eigenvalue weighted by molar-refractivity contribution is 0.576. The van der Waals surface area contributed by atoms with Crippen LogP contribution in [0.4, 0.5) is 4.39 Å². The molecule has 0 saturated carbocycles. The van der Waals surface area contributed by atoms with Gasteiger partial charge in [-0.3, -0.25) is 0 Å². The molecule has 3 heteroatoms. The predicted molar refractivity (Wildman–Crippen MR) is 52.8 cm³/mol. The second-order valence-electron chi connectivity index (χ2n) is 3.26. The summed E-state index contributed by atoms with van der Waals surface area (Å²) in [6, 6.07) is 4.72. The Balaban J connectivity index is 3.26. The van der Waals surface area contributed by atoms with Gasteiger partial charge in [-0.2, -0.15) is 0 Å². The second kappa shape index (κ2) is 4.11. The van der Waals surface area contributed by atoms with E-state index in [0.29, 0.717) is 10.5 Å². The number of benzene rings is 1. The molecule has 1 rings (SSSR count). The van der Waals surface area contributed by atoms with Gasteiger partial charge in [-0.25, -0.2) is 4.39 Å². The fourth-order valence-corrected chi connectivity index (χ4v) is 2.24. The highest BCUT2D eigenvalue weighted by molar-refractivity contribution is 7.90. The third-order valence-corrected chi connectivity index (χ3v) is 2.88.